The number of benzene rings is 2. The second-order valence-electron chi connectivity index (χ2n) is 4.22. The molecule has 0 atom stereocenters. The Bertz CT molecular complexity index is 705. The molecule has 0 saturated carbocycles. The van der Waals surface area contributed by atoms with Gasteiger partial charge in [0.1, 0.15) is 0 Å². The molecule has 2 rings (SSSR count). The minimum absolute atomic E-state index is 0.0495. The van der Waals surface area contributed by atoms with E-state index in [2.05, 4.69) is 10.2 Å². The number of halogens is 3. The molecule has 7 heteroatoms. The fraction of sp³-hybridized carbons (Fsp3) is 0.0667. The quantitative estimate of drug-likeness (QED) is 0.393. The lowest BCUT2D eigenvalue weighted by atomic mass is 10.2. The molecule has 22 heavy (non-hydrogen) atoms. The van der Waals surface area contributed by atoms with E-state index in [1.165, 1.54) is 23.9 Å². The maximum Gasteiger partial charge on any atom is 0.180 e. The van der Waals surface area contributed by atoms with Gasteiger partial charge in [-0.2, -0.15) is 5.10 Å². The summed E-state index contributed by atoms with van der Waals surface area (Å²) in [6, 6.07) is 12.3. The Balaban J connectivity index is 1.97. The second kappa shape index (κ2) is 7.91. The molecule has 0 bridgehead atoms. The number of nitrogens with zero attached hydrogens (tertiary/aromatic N) is 2. The molecule has 0 saturated heterocycles. The van der Waals surface area contributed by atoms with Gasteiger partial charge in [-0.25, -0.2) is 8.78 Å². The van der Waals surface area contributed by atoms with E-state index in [9.17, 15) is 8.78 Å². The fourth-order valence-corrected chi connectivity index (χ4v) is 2.31. The van der Waals surface area contributed by atoms with Gasteiger partial charge >= 0.3 is 0 Å². The molecule has 2 N–H and O–H groups in total. The predicted molar refractivity (Wildman–Crippen MR) is 88.3 cm³/mol. The second-order valence-corrected chi connectivity index (χ2v) is 5.62. The Morgan fingerprint density at radius 2 is 1.86 bits per heavy atom. The van der Waals surface area contributed by atoms with E-state index in [1.807, 2.05) is 30.3 Å². The topological polar surface area (TPSA) is 50.7 Å². The van der Waals surface area contributed by atoms with Crippen molar-refractivity contribution in [3.05, 3.63) is 70.2 Å². The number of amidine groups is 1. The van der Waals surface area contributed by atoms with E-state index in [0.717, 1.165) is 11.8 Å². The first kappa shape index (κ1) is 16.5. The molecule has 0 amide bonds. The van der Waals surface area contributed by atoms with E-state index in [-0.39, 0.29) is 15.8 Å². The maximum absolute atomic E-state index is 13.5. The summed E-state index contributed by atoms with van der Waals surface area (Å²) in [5.74, 6) is -1.53. The standard InChI is InChI=1S/C15H12ClF2N3S/c16-12-7-6-11(13(17)14(12)18)8-20-21-15(19)22-9-10-4-2-1-3-5-10/h1-8H,9H2,(H2,19,21). The zero-order chi connectivity index (χ0) is 15.9. The number of thioether (sulfide) groups is 1. The molecular weight excluding hydrogens is 328 g/mol. The van der Waals surface area contributed by atoms with Crippen molar-refractivity contribution in [2.24, 2.45) is 15.9 Å². The minimum Gasteiger partial charge on any atom is -0.377 e. The maximum atomic E-state index is 13.5. The number of rotatable bonds is 4. The van der Waals surface area contributed by atoms with Gasteiger partial charge in [-0.05, 0) is 17.7 Å². The van der Waals surface area contributed by atoms with Gasteiger partial charge in [0.15, 0.2) is 16.8 Å². The molecule has 0 aliphatic heterocycles. The minimum atomic E-state index is -1.11. The Labute approximate surface area is 135 Å². The molecule has 3 nitrogen and oxygen atoms in total. The predicted octanol–water partition coefficient (Wildman–Crippen LogP) is 4.20. The van der Waals surface area contributed by atoms with Crippen LogP contribution in [0.4, 0.5) is 8.78 Å². The van der Waals surface area contributed by atoms with Crippen LogP contribution in [-0.4, -0.2) is 11.4 Å². The molecule has 0 spiro atoms. The lowest BCUT2D eigenvalue weighted by molar-refractivity contribution is 0.508. The average Bonchev–Trinajstić information content (AvgIpc) is 2.54. The number of hydrogen-bond donors (Lipinski definition) is 1. The Morgan fingerprint density at radius 1 is 1.14 bits per heavy atom. The highest BCUT2D eigenvalue weighted by Crippen LogP contribution is 2.19. The summed E-state index contributed by atoms with van der Waals surface area (Å²) in [5, 5.41) is 7.34. The van der Waals surface area contributed by atoms with E-state index < -0.39 is 11.6 Å². The number of nitrogens with two attached hydrogens (primary N) is 1. The van der Waals surface area contributed by atoms with Crippen molar-refractivity contribution in [1.29, 1.82) is 0 Å². The van der Waals surface area contributed by atoms with Crippen LogP contribution in [0.15, 0.2) is 52.7 Å². The first-order chi connectivity index (χ1) is 10.6. The van der Waals surface area contributed by atoms with Crippen LogP contribution in [-0.2, 0) is 5.75 Å². The third-order valence-electron chi connectivity index (χ3n) is 2.65. The monoisotopic (exact) mass is 339 g/mol. The van der Waals surface area contributed by atoms with Crippen molar-refractivity contribution in [3.63, 3.8) is 0 Å². The molecule has 0 heterocycles. The highest BCUT2D eigenvalue weighted by Gasteiger charge is 2.10. The van der Waals surface area contributed by atoms with Crippen LogP contribution in [0, 0.1) is 11.6 Å². The summed E-state index contributed by atoms with van der Waals surface area (Å²) in [7, 11) is 0. The zero-order valence-electron chi connectivity index (χ0n) is 11.3. The third-order valence-corrected chi connectivity index (χ3v) is 3.79. The largest absolute Gasteiger partial charge is 0.377 e. The lowest BCUT2D eigenvalue weighted by Gasteiger charge is -2.00. The van der Waals surface area contributed by atoms with E-state index in [4.69, 9.17) is 17.3 Å². The zero-order valence-corrected chi connectivity index (χ0v) is 12.9. The van der Waals surface area contributed by atoms with Gasteiger partial charge < -0.3 is 5.73 Å². The Morgan fingerprint density at radius 3 is 2.59 bits per heavy atom. The highest BCUT2D eigenvalue weighted by molar-refractivity contribution is 8.13. The van der Waals surface area contributed by atoms with Crippen LogP contribution in [0.5, 0.6) is 0 Å². The third kappa shape index (κ3) is 4.54. The molecule has 114 valence electrons. The van der Waals surface area contributed by atoms with Crippen LogP contribution in [0.2, 0.25) is 5.02 Å². The van der Waals surface area contributed by atoms with Gasteiger partial charge in [0.25, 0.3) is 0 Å². The molecule has 2 aromatic carbocycles. The fourth-order valence-electron chi connectivity index (χ4n) is 1.55. The molecule has 0 radical (unpaired) electrons. The summed E-state index contributed by atoms with van der Waals surface area (Å²) in [4.78, 5) is 0. The van der Waals surface area contributed by atoms with Gasteiger partial charge in [0, 0.05) is 11.3 Å². The van der Waals surface area contributed by atoms with Crippen molar-refractivity contribution in [2.75, 3.05) is 0 Å². The summed E-state index contributed by atoms with van der Waals surface area (Å²) in [6.45, 7) is 0. The molecule has 0 aromatic heterocycles. The van der Waals surface area contributed by atoms with Gasteiger partial charge in [-0.1, -0.05) is 53.7 Å². The normalized spacial score (nSPS) is 12.0. The van der Waals surface area contributed by atoms with Gasteiger partial charge in [-0.3, -0.25) is 0 Å². The molecule has 0 aliphatic carbocycles. The van der Waals surface area contributed by atoms with Crippen molar-refractivity contribution < 1.29 is 8.78 Å². The summed E-state index contributed by atoms with van der Waals surface area (Å²) < 4.78 is 26.8. The Kier molecular flexibility index (Phi) is 5.91. The summed E-state index contributed by atoms with van der Waals surface area (Å²) in [6.07, 6.45) is 1.09. The smallest absolute Gasteiger partial charge is 0.180 e. The van der Waals surface area contributed by atoms with Crippen LogP contribution in [0.1, 0.15) is 11.1 Å². The van der Waals surface area contributed by atoms with Crippen LogP contribution in [0.25, 0.3) is 0 Å². The van der Waals surface area contributed by atoms with Gasteiger partial charge in [0.05, 0.1) is 11.2 Å². The molecular formula is C15H12ClF2N3S. The molecule has 0 aliphatic rings. The number of hydrogen-bond acceptors (Lipinski definition) is 3. The summed E-state index contributed by atoms with van der Waals surface area (Å²) in [5.41, 5.74) is 6.74. The molecule has 0 fully saturated rings. The Hall–Kier alpha value is -1.92. The van der Waals surface area contributed by atoms with Gasteiger partial charge in [0.2, 0.25) is 0 Å². The highest BCUT2D eigenvalue weighted by atomic mass is 35.5. The van der Waals surface area contributed by atoms with Crippen LogP contribution in [0.3, 0.4) is 0 Å². The van der Waals surface area contributed by atoms with E-state index in [0.29, 0.717) is 5.75 Å². The van der Waals surface area contributed by atoms with E-state index in [1.54, 1.807) is 0 Å². The first-order valence-corrected chi connectivity index (χ1v) is 7.61. The first-order valence-electron chi connectivity index (χ1n) is 6.24. The van der Waals surface area contributed by atoms with Gasteiger partial charge in [-0.15, -0.1) is 5.10 Å². The van der Waals surface area contributed by atoms with Crippen molar-refractivity contribution in [3.8, 4) is 0 Å². The van der Waals surface area contributed by atoms with E-state index >= 15 is 0 Å². The van der Waals surface area contributed by atoms with Crippen LogP contribution >= 0.6 is 23.4 Å². The van der Waals surface area contributed by atoms with Crippen molar-refractivity contribution in [1.82, 2.24) is 0 Å². The summed E-state index contributed by atoms with van der Waals surface area (Å²) >= 11 is 6.76. The van der Waals surface area contributed by atoms with Crippen molar-refractivity contribution >= 4 is 34.7 Å². The average molecular weight is 340 g/mol. The van der Waals surface area contributed by atoms with Crippen molar-refractivity contribution in [2.45, 2.75) is 5.75 Å². The lowest BCUT2D eigenvalue weighted by Crippen LogP contribution is -2.06. The SMILES string of the molecule is NC(=NN=Cc1ccc(Cl)c(F)c1F)SCc1ccccc1. The molecule has 0 unspecified atom stereocenters. The van der Waals surface area contributed by atoms with Crippen LogP contribution < -0.4 is 5.73 Å². The molecule has 2 aromatic rings.